The molecule has 0 N–H and O–H groups in total. The van der Waals surface area contributed by atoms with Crippen molar-refractivity contribution in [1.29, 1.82) is 0 Å². The first-order valence-corrected chi connectivity index (χ1v) is 6.09. The predicted octanol–water partition coefficient (Wildman–Crippen LogP) is 4.47. The third-order valence-electron chi connectivity index (χ3n) is 2.80. The molecule has 0 aliphatic heterocycles. The van der Waals surface area contributed by atoms with Gasteiger partial charge in [-0.05, 0) is 30.2 Å². The molecule has 1 atom stereocenters. The highest BCUT2D eigenvalue weighted by molar-refractivity contribution is 6.22. The second-order valence-corrected chi connectivity index (χ2v) is 4.61. The van der Waals surface area contributed by atoms with Crippen molar-refractivity contribution in [1.82, 2.24) is 0 Å². The first-order valence-electron chi connectivity index (χ1n) is 5.66. The van der Waals surface area contributed by atoms with E-state index in [9.17, 15) is 4.39 Å². The second kappa shape index (κ2) is 5.40. The molecule has 18 heavy (non-hydrogen) atoms. The highest BCUT2D eigenvalue weighted by Gasteiger charge is 2.13. The summed E-state index contributed by atoms with van der Waals surface area (Å²) in [6.07, 6.45) is 0. The van der Waals surface area contributed by atoms with E-state index in [4.69, 9.17) is 16.3 Å². The van der Waals surface area contributed by atoms with E-state index in [2.05, 4.69) is 0 Å². The highest BCUT2D eigenvalue weighted by Crippen LogP contribution is 2.31. The van der Waals surface area contributed by atoms with Crippen molar-refractivity contribution in [2.45, 2.75) is 12.3 Å². The van der Waals surface area contributed by atoms with E-state index >= 15 is 0 Å². The van der Waals surface area contributed by atoms with Crippen LogP contribution in [-0.2, 0) is 0 Å². The van der Waals surface area contributed by atoms with Crippen LogP contribution < -0.4 is 4.74 Å². The minimum atomic E-state index is -0.395. The topological polar surface area (TPSA) is 9.23 Å². The molecule has 0 aliphatic rings. The summed E-state index contributed by atoms with van der Waals surface area (Å²) in [5.41, 5.74) is 2.81. The van der Waals surface area contributed by atoms with E-state index in [0.717, 1.165) is 16.7 Å². The van der Waals surface area contributed by atoms with Gasteiger partial charge in [0, 0.05) is 0 Å². The number of benzene rings is 2. The molecule has 0 heterocycles. The van der Waals surface area contributed by atoms with Crippen molar-refractivity contribution in [3.63, 3.8) is 0 Å². The minimum Gasteiger partial charge on any atom is -0.494 e. The van der Waals surface area contributed by atoms with Crippen molar-refractivity contribution < 1.29 is 9.13 Å². The van der Waals surface area contributed by atoms with Gasteiger partial charge in [-0.2, -0.15) is 0 Å². The van der Waals surface area contributed by atoms with Crippen LogP contribution in [0.1, 0.15) is 22.1 Å². The van der Waals surface area contributed by atoms with Crippen LogP contribution in [0.3, 0.4) is 0 Å². The van der Waals surface area contributed by atoms with E-state index in [1.807, 2.05) is 31.2 Å². The van der Waals surface area contributed by atoms with Gasteiger partial charge in [-0.25, -0.2) is 4.39 Å². The van der Waals surface area contributed by atoms with E-state index in [1.165, 1.54) is 13.2 Å². The van der Waals surface area contributed by atoms with Crippen molar-refractivity contribution in [3.8, 4) is 5.75 Å². The second-order valence-electron chi connectivity index (χ2n) is 4.17. The van der Waals surface area contributed by atoms with Gasteiger partial charge in [-0.1, -0.05) is 35.9 Å². The van der Waals surface area contributed by atoms with Crippen molar-refractivity contribution in [2.24, 2.45) is 0 Å². The third-order valence-corrected chi connectivity index (χ3v) is 3.31. The fourth-order valence-corrected chi connectivity index (χ4v) is 2.13. The molecule has 0 fully saturated rings. The summed E-state index contributed by atoms with van der Waals surface area (Å²) >= 11 is 6.36. The van der Waals surface area contributed by atoms with Gasteiger partial charge in [0.1, 0.15) is 0 Å². The molecule has 2 aromatic rings. The van der Waals surface area contributed by atoms with E-state index < -0.39 is 5.82 Å². The van der Waals surface area contributed by atoms with Crippen LogP contribution in [0.5, 0.6) is 5.75 Å². The zero-order valence-electron chi connectivity index (χ0n) is 10.3. The Morgan fingerprint density at radius 3 is 2.44 bits per heavy atom. The summed E-state index contributed by atoms with van der Waals surface area (Å²) < 4.78 is 18.5. The minimum absolute atomic E-state index is 0.229. The average molecular weight is 265 g/mol. The Kier molecular flexibility index (Phi) is 3.87. The number of methoxy groups -OCH3 is 1. The summed E-state index contributed by atoms with van der Waals surface area (Å²) in [5, 5.41) is -0.356. The van der Waals surface area contributed by atoms with Gasteiger partial charge in [0.15, 0.2) is 11.6 Å². The third kappa shape index (κ3) is 2.65. The summed E-state index contributed by atoms with van der Waals surface area (Å²) in [4.78, 5) is 0. The fourth-order valence-electron chi connectivity index (χ4n) is 1.86. The molecule has 0 spiro atoms. The predicted molar refractivity (Wildman–Crippen MR) is 71.8 cm³/mol. The van der Waals surface area contributed by atoms with Crippen LogP contribution in [0, 0.1) is 12.7 Å². The van der Waals surface area contributed by atoms with Gasteiger partial charge in [0.05, 0.1) is 12.5 Å². The first-order chi connectivity index (χ1) is 8.61. The Morgan fingerprint density at radius 1 is 1.11 bits per heavy atom. The van der Waals surface area contributed by atoms with Crippen LogP contribution in [-0.4, -0.2) is 7.11 Å². The SMILES string of the molecule is COc1ccc(C(Cl)c2cccc(C)c2)cc1F. The number of halogens is 2. The molecule has 3 heteroatoms. The molecule has 2 aromatic carbocycles. The molecular formula is C15H14ClFO. The molecular weight excluding hydrogens is 251 g/mol. The largest absolute Gasteiger partial charge is 0.494 e. The maximum Gasteiger partial charge on any atom is 0.165 e. The zero-order valence-corrected chi connectivity index (χ0v) is 11.0. The van der Waals surface area contributed by atoms with Gasteiger partial charge in [-0.3, -0.25) is 0 Å². The van der Waals surface area contributed by atoms with Crippen LogP contribution in [0.2, 0.25) is 0 Å². The van der Waals surface area contributed by atoms with Gasteiger partial charge in [-0.15, -0.1) is 11.6 Å². The van der Waals surface area contributed by atoms with Crippen LogP contribution in [0.15, 0.2) is 42.5 Å². The lowest BCUT2D eigenvalue weighted by Crippen LogP contribution is -1.96. The number of aryl methyl sites for hydroxylation is 1. The monoisotopic (exact) mass is 264 g/mol. The lowest BCUT2D eigenvalue weighted by atomic mass is 10.0. The number of alkyl halides is 1. The number of rotatable bonds is 3. The summed E-state index contributed by atoms with van der Waals surface area (Å²) in [5.74, 6) is -0.167. The standard InChI is InChI=1S/C15H14ClFO/c1-10-4-3-5-11(8-10)15(16)12-6-7-14(18-2)13(17)9-12/h3-9,15H,1-2H3. The molecule has 1 unspecified atom stereocenters. The van der Waals surface area contributed by atoms with Gasteiger partial charge in [0.2, 0.25) is 0 Å². The average Bonchev–Trinajstić information content (AvgIpc) is 2.37. The smallest absolute Gasteiger partial charge is 0.165 e. The molecule has 0 saturated carbocycles. The van der Waals surface area contributed by atoms with Crippen molar-refractivity contribution >= 4 is 11.6 Å². The molecule has 0 aliphatic carbocycles. The van der Waals surface area contributed by atoms with Gasteiger partial charge >= 0.3 is 0 Å². The molecule has 0 radical (unpaired) electrons. The summed E-state index contributed by atoms with van der Waals surface area (Å²) in [6.45, 7) is 2.00. The highest BCUT2D eigenvalue weighted by atomic mass is 35.5. The van der Waals surface area contributed by atoms with Crippen LogP contribution in [0.4, 0.5) is 4.39 Å². The van der Waals surface area contributed by atoms with E-state index in [0.29, 0.717) is 0 Å². The molecule has 0 aromatic heterocycles. The quantitative estimate of drug-likeness (QED) is 0.743. The molecule has 0 amide bonds. The van der Waals surface area contributed by atoms with Crippen molar-refractivity contribution in [2.75, 3.05) is 7.11 Å². The maximum absolute atomic E-state index is 13.6. The molecule has 94 valence electrons. The Hall–Kier alpha value is -1.54. The fraction of sp³-hybridized carbons (Fsp3) is 0.200. The molecule has 1 nitrogen and oxygen atoms in total. The lowest BCUT2D eigenvalue weighted by Gasteiger charge is -2.12. The number of hydrogen-bond acceptors (Lipinski definition) is 1. The summed E-state index contributed by atoms with van der Waals surface area (Å²) in [7, 11) is 1.44. The summed E-state index contributed by atoms with van der Waals surface area (Å²) in [6, 6.07) is 12.7. The normalized spacial score (nSPS) is 12.2. The number of ether oxygens (including phenoxy) is 1. The van der Waals surface area contributed by atoms with Crippen molar-refractivity contribution in [3.05, 3.63) is 65.0 Å². The maximum atomic E-state index is 13.6. The van der Waals surface area contributed by atoms with Crippen LogP contribution >= 0.6 is 11.6 Å². The van der Waals surface area contributed by atoms with Gasteiger partial charge in [0.25, 0.3) is 0 Å². The van der Waals surface area contributed by atoms with E-state index in [1.54, 1.807) is 12.1 Å². The lowest BCUT2D eigenvalue weighted by molar-refractivity contribution is 0.386. The Morgan fingerprint density at radius 2 is 1.83 bits per heavy atom. The number of hydrogen-bond donors (Lipinski definition) is 0. The Balaban J connectivity index is 2.34. The Labute approximate surface area is 111 Å². The zero-order chi connectivity index (χ0) is 13.1. The van der Waals surface area contributed by atoms with Crippen LogP contribution in [0.25, 0.3) is 0 Å². The molecule has 0 bridgehead atoms. The van der Waals surface area contributed by atoms with E-state index in [-0.39, 0.29) is 11.1 Å². The Bertz CT molecular complexity index is 554. The first kappa shape index (κ1) is 12.9. The molecule has 0 saturated heterocycles. The molecule has 2 rings (SSSR count). The van der Waals surface area contributed by atoms with Gasteiger partial charge < -0.3 is 4.74 Å².